The Hall–Kier alpha value is -1.49. The Bertz CT molecular complexity index is 480. The molecular formula is C15H21NO3S. The van der Waals surface area contributed by atoms with E-state index in [2.05, 4.69) is 26.1 Å². The van der Waals surface area contributed by atoms with E-state index in [1.165, 1.54) is 0 Å². The standard InChI is InChI=1S/C15H21NO3S/c1-5-19-14(18)11-7-6-8-12(9-11)16-13(17)10-20-15(2,3)4/h6-9H,5,10H2,1-4H3,(H,16,17). The molecular weight excluding hydrogens is 274 g/mol. The molecule has 1 aromatic rings. The molecule has 0 spiro atoms. The molecule has 1 rings (SSSR count). The van der Waals surface area contributed by atoms with E-state index in [0.29, 0.717) is 23.6 Å². The van der Waals surface area contributed by atoms with Crippen LogP contribution in [0.3, 0.4) is 0 Å². The van der Waals surface area contributed by atoms with Gasteiger partial charge in [0.1, 0.15) is 0 Å². The van der Waals surface area contributed by atoms with Crippen molar-refractivity contribution in [2.75, 3.05) is 17.7 Å². The van der Waals surface area contributed by atoms with Gasteiger partial charge in [-0.05, 0) is 25.1 Å². The van der Waals surface area contributed by atoms with Gasteiger partial charge in [0.2, 0.25) is 5.91 Å². The van der Waals surface area contributed by atoms with Crippen LogP contribution in [0.1, 0.15) is 38.1 Å². The van der Waals surface area contributed by atoms with Crippen molar-refractivity contribution in [2.24, 2.45) is 0 Å². The lowest BCUT2D eigenvalue weighted by atomic mass is 10.2. The Kier molecular flexibility index (Phi) is 6.07. The summed E-state index contributed by atoms with van der Waals surface area (Å²) < 4.78 is 4.97. The number of benzene rings is 1. The van der Waals surface area contributed by atoms with E-state index in [0.717, 1.165) is 0 Å². The fraction of sp³-hybridized carbons (Fsp3) is 0.467. The first kappa shape index (κ1) is 16.6. The van der Waals surface area contributed by atoms with Crippen molar-refractivity contribution in [3.8, 4) is 0 Å². The largest absolute Gasteiger partial charge is 0.462 e. The van der Waals surface area contributed by atoms with Crippen LogP contribution in [0.4, 0.5) is 5.69 Å². The minimum Gasteiger partial charge on any atom is -0.462 e. The Morgan fingerprint density at radius 3 is 2.60 bits per heavy atom. The molecule has 0 atom stereocenters. The van der Waals surface area contributed by atoms with E-state index in [-0.39, 0.29) is 16.6 Å². The van der Waals surface area contributed by atoms with Crippen LogP contribution in [0.2, 0.25) is 0 Å². The topological polar surface area (TPSA) is 55.4 Å². The molecule has 1 aromatic carbocycles. The lowest BCUT2D eigenvalue weighted by Gasteiger charge is -2.17. The molecule has 0 unspecified atom stereocenters. The average molecular weight is 295 g/mol. The Morgan fingerprint density at radius 1 is 1.30 bits per heavy atom. The number of hydrogen-bond acceptors (Lipinski definition) is 4. The molecule has 1 amide bonds. The van der Waals surface area contributed by atoms with Crippen LogP contribution in [0.5, 0.6) is 0 Å². The lowest BCUT2D eigenvalue weighted by Crippen LogP contribution is -2.19. The monoisotopic (exact) mass is 295 g/mol. The van der Waals surface area contributed by atoms with Crippen LogP contribution in [0.25, 0.3) is 0 Å². The molecule has 1 N–H and O–H groups in total. The highest BCUT2D eigenvalue weighted by Crippen LogP contribution is 2.23. The van der Waals surface area contributed by atoms with Gasteiger partial charge in [0.05, 0.1) is 17.9 Å². The van der Waals surface area contributed by atoms with Crippen LogP contribution in [-0.2, 0) is 9.53 Å². The molecule has 5 heteroatoms. The summed E-state index contributed by atoms with van der Waals surface area (Å²) in [6.07, 6.45) is 0. The number of carbonyl (C=O) groups excluding carboxylic acids is 2. The number of nitrogens with one attached hydrogen (secondary N) is 1. The summed E-state index contributed by atoms with van der Waals surface area (Å²) in [7, 11) is 0. The summed E-state index contributed by atoms with van der Waals surface area (Å²) in [5.74, 6) is -0.0776. The number of amides is 1. The van der Waals surface area contributed by atoms with Crippen LogP contribution in [0, 0.1) is 0 Å². The summed E-state index contributed by atoms with van der Waals surface area (Å²) in [5.41, 5.74) is 1.04. The number of ether oxygens (including phenoxy) is 1. The average Bonchev–Trinajstić information content (AvgIpc) is 2.36. The van der Waals surface area contributed by atoms with Gasteiger partial charge in [-0.1, -0.05) is 26.8 Å². The van der Waals surface area contributed by atoms with Gasteiger partial charge < -0.3 is 10.1 Å². The van der Waals surface area contributed by atoms with Gasteiger partial charge in [-0.25, -0.2) is 4.79 Å². The molecule has 0 bridgehead atoms. The minimum atomic E-state index is -0.382. The summed E-state index contributed by atoms with van der Waals surface area (Å²) in [6.45, 7) is 8.27. The van der Waals surface area contributed by atoms with Gasteiger partial charge in [0.15, 0.2) is 0 Å². The highest BCUT2D eigenvalue weighted by Gasteiger charge is 2.14. The van der Waals surface area contributed by atoms with E-state index in [4.69, 9.17) is 4.74 Å². The molecule has 110 valence electrons. The van der Waals surface area contributed by atoms with Crippen LogP contribution >= 0.6 is 11.8 Å². The van der Waals surface area contributed by atoms with Gasteiger partial charge in [-0.2, -0.15) is 0 Å². The van der Waals surface area contributed by atoms with Crippen molar-refractivity contribution >= 4 is 29.3 Å². The normalized spacial score (nSPS) is 11.0. The van der Waals surface area contributed by atoms with Crippen molar-refractivity contribution in [1.29, 1.82) is 0 Å². The second kappa shape index (κ2) is 7.33. The molecule has 0 aliphatic rings. The first-order chi connectivity index (χ1) is 9.31. The number of anilines is 1. The number of thioether (sulfide) groups is 1. The minimum absolute atomic E-state index is 0.0458. The highest BCUT2D eigenvalue weighted by atomic mass is 32.2. The van der Waals surface area contributed by atoms with Crippen molar-refractivity contribution in [2.45, 2.75) is 32.4 Å². The number of rotatable bonds is 5. The maximum absolute atomic E-state index is 11.8. The highest BCUT2D eigenvalue weighted by molar-refractivity contribution is 8.01. The smallest absolute Gasteiger partial charge is 0.338 e. The molecule has 0 aliphatic carbocycles. The lowest BCUT2D eigenvalue weighted by molar-refractivity contribution is -0.113. The molecule has 0 heterocycles. The van der Waals surface area contributed by atoms with Crippen LogP contribution < -0.4 is 5.32 Å². The quantitative estimate of drug-likeness (QED) is 0.847. The second-order valence-electron chi connectivity index (χ2n) is 5.25. The van der Waals surface area contributed by atoms with E-state index in [9.17, 15) is 9.59 Å². The third kappa shape index (κ3) is 6.10. The van der Waals surface area contributed by atoms with E-state index >= 15 is 0 Å². The first-order valence-corrected chi connectivity index (χ1v) is 7.51. The third-order valence-electron chi connectivity index (χ3n) is 2.29. The first-order valence-electron chi connectivity index (χ1n) is 6.53. The van der Waals surface area contributed by atoms with Crippen molar-refractivity contribution < 1.29 is 14.3 Å². The van der Waals surface area contributed by atoms with Crippen molar-refractivity contribution in [3.63, 3.8) is 0 Å². The van der Waals surface area contributed by atoms with Gasteiger partial charge >= 0.3 is 5.97 Å². The van der Waals surface area contributed by atoms with Crippen molar-refractivity contribution in [3.05, 3.63) is 29.8 Å². The number of hydrogen-bond donors (Lipinski definition) is 1. The van der Waals surface area contributed by atoms with Gasteiger partial charge in [0, 0.05) is 10.4 Å². The van der Waals surface area contributed by atoms with Gasteiger partial charge in [0.25, 0.3) is 0 Å². The summed E-state index contributed by atoms with van der Waals surface area (Å²) in [5, 5.41) is 2.78. The molecule has 4 nitrogen and oxygen atoms in total. The Balaban J connectivity index is 2.62. The molecule has 0 radical (unpaired) electrons. The third-order valence-corrected chi connectivity index (χ3v) is 3.57. The zero-order chi connectivity index (χ0) is 15.2. The van der Waals surface area contributed by atoms with E-state index in [1.54, 1.807) is 43.0 Å². The Morgan fingerprint density at radius 2 is 2.00 bits per heavy atom. The van der Waals surface area contributed by atoms with E-state index in [1.807, 2.05) is 0 Å². The molecule has 0 fully saturated rings. The van der Waals surface area contributed by atoms with Crippen LogP contribution in [-0.4, -0.2) is 29.0 Å². The molecule has 20 heavy (non-hydrogen) atoms. The fourth-order valence-corrected chi connectivity index (χ4v) is 2.05. The van der Waals surface area contributed by atoms with Gasteiger partial charge in [-0.15, -0.1) is 11.8 Å². The van der Waals surface area contributed by atoms with Crippen molar-refractivity contribution in [1.82, 2.24) is 0 Å². The summed E-state index contributed by atoms with van der Waals surface area (Å²) in [4.78, 5) is 23.4. The second-order valence-corrected chi connectivity index (χ2v) is 7.05. The summed E-state index contributed by atoms with van der Waals surface area (Å²) in [6, 6.07) is 6.76. The SMILES string of the molecule is CCOC(=O)c1cccc(NC(=O)CSC(C)(C)C)c1. The molecule has 0 aromatic heterocycles. The predicted octanol–water partition coefficient (Wildman–Crippen LogP) is 3.33. The maximum atomic E-state index is 11.8. The van der Waals surface area contributed by atoms with E-state index < -0.39 is 0 Å². The maximum Gasteiger partial charge on any atom is 0.338 e. The molecule has 0 aliphatic heterocycles. The number of esters is 1. The predicted molar refractivity (Wildman–Crippen MR) is 83.2 cm³/mol. The number of carbonyl (C=O) groups is 2. The zero-order valence-corrected chi connectivity index (χ0v) is 13.2. The molecule has 0 saturated heterocycles. The van der Waals surface area contributed by atoms with Crippen LogP contribution in [0.15, 0.2) is 24.3 Å². The zero-order valence-electron chi connectivity index (χ0n) is 12.4. The van der Waals surface area contributed by atoms with Gasteiger partial charge in [-0.3, -0.25) is 4.79 Å². The Labute approximate surface area is 124 Å². The molecule has 0 saturated carbocycles. The fourth-order valence-electron chi connectivity index (χ4n) is 1.42. The summed E-state index contributed by atoms with van der Waals surface area (Å²) >= 11 is 1.58.